The van der Waals surface area contributed by atoms with Crippen LogP contribution in [-0.2, 0) is 6.42 Å². The van der Waals surface area contributed by atoms with E-state index in [0.717, 1.165) is 18.2 Å². The van der Waals surface area contributed by atoms with Gasteiger partial charge in [-0.3, -0.25) is 10.1 Å². The number of anilines is 2. The summed E-state index contributed by atoms with van der Waals surface area (Å²) in [6, 6.07) is 11.5. The van der Waals surface area contributed by atoms with E-state index in [1.54, 1.807) is 0 Å². The molecule has 1 aliphatic heterocycles. The first-order valence-corrected chi connectivity index (χ1v) is 5.95. The van der Waals surface area contributed by atoms with Gasteiger partial charge in [-0.15, -0.1) is 0 Å². The molecule has 0 unspecified atom stereocenters. The highest BCUT2D eigenvalue weighted by molar-refractivity contribution is 5.71. The maximum atomic E-state index is 13.5. The zero-order chi connectivity index (χ0) is 13.4. The Kier molecular flexibility index (Phi) is 2.67. The van der Waals surface area contributed by atoms with E-state index in [0.29, 0.717) is 12.2 Å². The van der Waals surface area contributed by atoms with Crippen LogP contribution in [0.25, 0.3) is 0 Å². The fraction of sp³-hybridized carbons (Fsp3) is 0.143. The van der Waals surface area contributed by atoms with Gasteiger partial charge < -0.3 is 4.90 Å². The maximum Gasteiger partial charge on any atom is 0.274 e. The summed E-state index contributed by atoms with van der Waals surface area (Å²) in [5.74, 6) is -0.589. The molecule has 0 aliphatic carbocycles. The highest BCUT2D eigenvalue weighted by Crippen LogP contribution is 2.35. The molecule has 2 aromatic carbocycles. The Morgan fingerprint density at radius 3 is 2.79 bits per heavy atom. The number of non-ortho nitro benzene ring substituents is 1. The minimum absolute atomic E-state index is 0.223. The third-order valence-corrected chi connectivity index (χ3v) is 3.28. The number of hydrogen-bond acceptors (Lipinski definition) is 3. The summed E-state index contributed by atoms with van der Waals surface area (Å²) in [6.07, 6.45) is 0.862. The molecule has 0 saturated carbocycles. The van der Waals surface area contributed by atoms with E-state index in [-0.39, 0.29) is 5.69 Å². The minimum atomic E-state index is -0.589. The van der Waals surface area contributed by atoms with E-state index >= 15 is 0 Å². The van der Waals surface area contributed by atoms with Gasteiger partial charge in [0.15, 0.2) is 0 Å². The molecule has 0 saturated heterocycles. The van der Waals surface area contributed by atoms with Crippen LogP contribution in [0.4, 0.5) is 21.5 Å². The lowest BCUT2D eigenvalue weighted by Crippen LogP contribution is -2.13. The Hall–Kier alpha value is -2.43. The van der Waals surface area contributed by atoms with Crippen LogP contribution in [0, 0.1) is 15.9 Å². The Labute approximate surface area is 109 Å². The molecule has 19 heavy (non-hydrogen) atoms. The lowest BCUT2D eigenvalue weighted by molar-refractivity contribution is -0.385. The summed E-state index contributed by atoms with van der Waals surface area (Å²) in [6.45, 7) is 0.708. The summed E-state index contributed by atoms with van der Waals surface area (Å²) in [5, 5.41) is 10.8. The lowest BCUT2D eigenvalue weighted by Gasteiger charge is -2.19. The van der Waals surface area contributed by atoms with Crippen LogP contribution in [-0.4, -0.2) is 11.5 Å². The van der Waals surface area contributed by atoms with Crippen molar-refractivity contribution in [1.82, 2.24) is 0 Å². The van der Waals surface area contributed by atoms with Crippen molar-refractivity contribution < 1.29 is 9.31 Å². The average Bonchev–Trinajstić information content (AvgIpc) is 2.81. The quantitative estimate of drug-likeness (QED) is 0.612. The third-order valence-electron chi connectivity index (χ3n) is 3.28. The molecule has 4 nitrogen and oxygen atoms in total. The monoisotopic (exact) mass is 258 g/mol. The van der Waals surface area contributed by atoms with E-state index in [1.807, 2.05) is 29.2 Å². The van der Waals surface area contributed by atoms with Gasteiger partial charge in [0.05, 0.1) is 16.7 Å². The van der Waals surface area contributed by atoms with Gasteiger partial charge in [-0.1, -0.05) is 18.2 Å². The van der Waals surface area contributed by atoms with Crippen LogP contribution in [0.5, 0.6) is 0 Å². The second-order valence-corrected chi connectivity index (χ2v) is 4.46. The summed E-state index contributed by atoms with van der Waals surface area (Å²) in [5.41, 5.74) is 2.47. The highest BCUT2D eigenvalue weighted by Gasteiger charge is 2.22. The normalized spacial score (nSPS) is 13.4. The van der Waals surface area contributed by atoms with Gasteiger partial charge in [0.2, 0.25) is 0 Å². The number of nitro benzene ring substituents is 1. The Balaban J connectivity index is 2.07. The summed E-state index contributed by atoms with van der Waals surface area (Å²) in [4.78, 5) is 12.1. The smallest absolute Gasteiger partial charge is 0.274 e. The average molecular weight is 258 g/mol. The predicted molar refractivity (Wildman–Crippen MR) is 70.2 cm³/mol. The summed E-state index contributed by atoms with van der Waals surface area (Å²) < 4.78 is 13.5. The van der Waals surface area contributed by atoms with E-state index in [1.165, 1.54) is 17.7 Å². The van der Waals surface area contributed by atoms with Crippen molar-refractivity contribution in [2.75, 3.05) is 11.4 Å². The molecule has 0 N–H and O–H groups in total. The number of nitrogens with zero attached hydrogens (tertiary/aromatic N) is 2. The number of benzene rings is 2. The van der Waals surface area contributed by atoms with Crippen molar-refractivity contribution in [3.8, 4) is 0 Å². The summed E-state index contributed by atoms with van der Waals surface area (Å²) >= 11 is 0. The fourth-order valence-electron chi connectivity index (χ4n) is 2.43. The van der Waals surface area contributed by atoms with Crippen LogP contribution < -0.4 is 4.90 Å². The number of halogens is 1. The Morgan fingerprint density at radius 2 is 2.00 bits per heavy atom. The largest absolute Gasteiger partial charge is 0.341 e. The molecule has 0 aromatic heterocycles. The van der Waals surface area contributed by atoms with Gasteiger partial charge in [0, 0.05) is 18.3 Å². The van der Waals surface area contributed by atoms with Crippen LogP contribution in [0.3, 0.4) is 0 Å². The number of hydrogen-bond donors (Lipinski definition) is 0. The van der Waals surface area contributed by atoms with E-state index in [9.17, 15) is 14.5 Å². The second kappa shape index (κ2) is 4.35. The first-order valence-electron chi connectivity index (χ1n) is 5.95. The van der Waals surface area contributed by atoms with Crippen molar-refractivity contribution in [2.24, 2.45) is 0 Å². The van der Waals surface area contributed by atoms with Crippen LogP contribution in [0.2, 0.25) is 0 Å². The number of nitro groups is 1. The molecule has 0 atom stereocenters. The molecule has 0 bridgehead atoms. The lowest BCUT2D eigenvalue weighted by atomic mass is 10.2. The van der Waals surface area contributed by atoms with Gasteiger partial charge in [-0.05, 0) is 24.1 Å². The minimum Gasteiger partial charge on any atom is -0.341 e. The standard InChI is InChI=1S/C14H11FN2O2/c15-11-7-12(9-13(8-11)17(18)19)16-6-5-10-3-1-2-4-14(10)16/h1-4,7-9H,5-6H2. The Morgan fingerprint density at radius 1 is 1.21 bits per heavy atom. The predicted octanol–water partition coefficient (Wildman–Crippen LogP) is 3.43. The molecule has 1 aliphatic rings. The van der Waals surface area contributed by atoms with Crippen molar-refractivity contribution in [1.29, 1.82) is 0 Å². The molecule has 0 fully saturated rings. The van der Waals surface area contributed by atoms with Gasteiger partial charge >= 0.3 is 0 Å². The molecule has 0 spiro atoms. The fourth-order valence-corrected chi connectivity index (χ4v) is 2.43. The zero-order valence-electron chi connectivity index (χ0n) is 10.0. The molecule has 1 heterocycles. The number of fused-ring (bicyclic) bond motifs is 1. The number of rotatable bonds is 2. The van der Waals surface area contributed by atoms with Gasteiger partial charge in [-0.2, -0.15) is 0 Å². The van der Waals surface area contributed by atoms with E-state index in [2.05, 4.69) is 0 Å². The molecule has 2 aromatic rings. The van der Waals surface area contributed by atoms with Gasteiger partial charge in [-0.25, -0.2) is 4.39 Å². The van der Waals surface area contributed by atoms with Gasteiger partial charge in [0.25, 0.3) is 5.69 Å². The van der Waals surface area contributed by atoms with Gasteiger partial charge in [0.1, 0.15) is 5.82 Å². The molecule has 96 valence electrons. The first kappa shape index (κ1) is 11.6. The van der Waals surface area contributed by atoms with Crippen LogP contribution in [0.1, 0.15) is 5.56 Å². The zero-order valence-corrected chi connectivity index (χ0v) is 10.0. The van der Waals surface area contributed by atoms with Crippen molar-refractivity contribution in [3.05, 3.63) is 64.0 Å². The molecular weight excluding hydrogens is 247 g/mol. The molecule has 5 heteroatoms. The van der Waals surface area contributed by atoms with Crippen molar-refractivity contribution in [3.63, 3.8) is 0 Å². The van der Waals surface area contributed by atoms with Crippen molar-refractivity contribution >= 4 is 17.1 Å². The third kappa shape index (κ3) is 2.03. The highest BCUT2D eigenvalue weighted by atomic mass is 19.1. The Bertz CT molecular complexity index is 658. The second-order valence-electron chi connectivity index (χ2n) is 4.46. The SMILES string of the molecule is O=[N+]([O-])c1cc(F)cc(N2CCc3ccccc32)c1. The van der Waals surface area contributed by atoms with Crippen LogP contribution >= 0.6 is 0 Å². The van der Waals surface area contributed by atoms with Crippen molar-refractivity contribution in [2.45, 2.75) is 6.42 Å². The molecule has 0 radical (unpaired) electrons. The van der Waals surface area contributed by atoms with Crippen LogP contribution in [0.15, 0.2) is 42.5 Å². The summed E-state index contributed by atoms with van der Waals surface area (Å²) in [7, 11) is 0. The molecular formula is C14H11FN2O2. The molecule has 3 rings (SSSR count). The topological polar surface area (TPSA) is 46.4 Å². The number of para-hydroxylation sites is 1. The first-order chi connectivity index (χ1) is 9.15. The molecule has 0 amide bonds. The van der Waals surface area contributed by atoms with E-state index < -0.39 is 10.7 Å². The maximum absolute atomic E-state index is 13.5. The van der Waals surface area contributed by atoms with E-state index in [4.69, 9.17) is 0 Å².